The normalized spacial score (nSPS) is 14.6. The molecule has 0 atom stereocenters. The maximum atomic E-state index is 13.8. The lowest BCUT2D eigenvalue weighted by atomic mass is 10.0. The number of nitrogens with one attached hydrogen (secondary N) is 1. The lowest BCUT2D eigenvalue weighted by Gasteiger charge is -2.16. The average molecular weight is 523 g/mol. The summed E-state index contributed by atoms with van der Waals surface area (Å²) in [5, 5.41) is 0. The van der Waals surface area contributed by atoms with Crippen molar-refractivity contribution in [3.8, 4) is 22.6 Å². The predicted molar refractivity (Wildman–Crippen MR) is 117 cm³/mol. The van der Waals surface area contributed by atoms with Crippen LogP contribution in [0, 0.1) is 5.95 Å². The molecule has 2 aromatic carbocycles. The zero-order valence-electron chi connectivity index (χ0n) is 16.8. The fraction of sp³-hybridized carbons (Fsp3) is 0.143. The van der Waals surface area contributed by atoms with Crippen molar-refractivity contribution in [3.05, 3.63) is 64.1 Å². The van der Waals surface area contributed by atoms with Gasteiger partial charge >= 0.3 is 5.97 Å². The van der Waals surface area contributed by atoms with Crippen LogP contribution in [0.5, 0.6) is 11.5 Å². The summed E-state index contributed by atoms with van der Waals surface area (Å²) in [5.41, 5.74) is 1.24. The third-order valence-electron chi connectivity index (χ3n) is 4.77. The molecule has 1 aromatic heterocycles. The number of halogens is 2. The molecule has 1 aliphatic heterocycles. The number of ether oxygens (including phenoxy) is 3. The maximum Gasteiger partial charge on any atom is 0.338 e. The smallest absolute Gasteiger partial charge is 0.338 e. The molecule has 0 saturated heterocycles. The van der Waals surface area contributed by atoms with Crippen LogP contribution in [-0.4, -0.2) is 33.6 Å². The molecule has 32 heavy (non-hydrogen) atoms. The summed E-state index contributed by atoms with van der Waals surface area (Å²) in [6, 6.07) is 9.91. The number of pyridine rings is 1. The molecule has 0 fully saturated rings. The van der Waals surface area contributed by atoms with Crippen LogP contribution in [0.4, 0.5) is 10.1 Å². The molecule has 8 nitrogen and oxygen atoms in total. The summed E-state index contributed by atoms with van der Waals surface area (Å²) in [6.07, 6.45) is 0. The van der Waals surface area contributed by atoms with E-state index in [2.05, 4.69) is 25.6 Å². The first-order valence-electron chi connectivity index (χ1n) is 9.15. The SMILES string of the molecule is COc1ccc2cc1NS(=O)(=O)c1cc(cc(Br)c1OC)C(=O)OCc1nc(F)ccc1-2. The minimum atomic E-state index is -4.23. The van der Waals surface area contributed by atoms with Crippen molar-refractivity contribution in [1.82, 2.24) is 4.98 Å². The van der Waals surface area contributed by atoms with E-state index in [0.29, 0.717) is 11.1 Å². The summed E-state index contributed by atoms with van der Waals surface area (Å²) >= 11 is 3.23. The molecule has 0 amide bonds. The van der Waals surface area contributed by atoms with Crippen LogP contribution in [-0.2, 0) is 21.4 Å². The van der Waals surface area contributed by atoms with E-state index >= 15 is 0 Å². The van der Waals surface area contributed by atoms with Gasteiger partial charge in [-0.1, -0.05) is 6.07 Å². The van der Waals surface area contributed by atoms with Gasteiger partial charge in [0.2, 0.25) is 5.95 Å². The van der Waals surface area contributed by atoms with Gasteiger partial charge in [-0.15, -0.1) is 0 Å². The fourth-order valence-corrected chi connectivity index (χ4v) is 5.34. The summed E-state index contributed by atoms with van der Waals surface area (Å²) in [6.45, 7) is -0.327. The van der Waals surface area contributed by atoms with E-state index in [1.165, 1.54) is 32.4 Å². The summed E-state index contributed by atoms with van der Waals surface area (Å²) < 4.78 is 59.0. The molecule has 0 unspecified atom stereocenters. The Labute approximate surface area is 191 Å². The molecule has 0 aliphatic carbocycles. The molecule has 166 valence electrons. The number of benzene rings is 2. The van der Waals surface area contributed by atoms with Crippen LogP contribution in [0.25, 0.3) is 11.1 Å². The highest BCUT2D eigenvalue weighted by Gasteiger charge is 2.27. The van der Waals surface area contributed by atoms with Crippen molar-refractivity contribution in [2.24, 2.45) is 0 Å². The van der Waals surface area contributed by atoms with E-state index in [0.717, 1.165) is 12.1 Å². The third-order valence-corrected chi connectivity index (χ3v) is 6.73. The van der Waals surface area contributed by atoms with Gasteiger partial charge in [0.1, 0.15) is 17.3 Å². The number of carbonyl (C=O) groups is 1. The van der Waals surface area contributed by atoms with E-state index in [-0.39, 0.29) is 44.4 Å². The van der Waals surface area contributed by atoms with Crippen LogP contribution in [0.15, 0.2) is 51.8 Å². The predicted octanol–water partition coefficient (Wildman–Crippen LogP) is 4.14. The minimum Gasteiger partial charge on any atom is -0.495 e. The summed E-state index contributed by atoms with van der Waals surface area (Å²) in [5.74, 6) is -1.30. The number of sulfonamides is 1. The highest BCUT2D eigenvalue weighted by atomic mass is 79.9. The van der Waals surface area contributed by atoms with Crippen molar-refractivity contribution < 1.29 is 31.8 Å². The first-order valence-corrected chi connectivity index (χ1v) is 11.4. The quantitative estimate of drug-likeness (QED) is 0.398. The van der Waals surface area contributed by atoms with Crippen LogP contribution in [0.2, 0.25) is 0 Å². The number of cyclic esters (lactones) is 1. The number of nitrogens with zero attached hydrogens (tertiary/aromatic N) is 1. The van der Waals surface area contributed by atoms with Gasteiger partial charge in [-0.3, -0.25) is 4.72 Å². The maximum absolute atomic E-state index is 13.8. The fourth-order valence-electron chi connectivity index (χ4n) is 3.30. The third kappa shape index (κ3) is 4.00. The van der Waals surface area contributed by atoms with Gasteiger partial charge in [-0.25, -0.2) is 18.2 Å². The van der Waals surface area contributed by atoms with Crippen molar-refractivity contribution in [3.63, 3.8) is 0 Å². The number of fused-ring (bicyclic) bond motifs is 6. The van der Waals surface area contributed by atoms with Gasteiger partial charge in [0.05, 0.1) is 35.6 Å². The molecule has 0 saturated carbocycles. The zero-order chi connectivity index (χ0) is 23.0. The standard InChI is InChI=1S/C21H16BrFN2O6S/c1-29-17-5-3-11-8-15(17)25-32(27,28)18-9-12(7-14(22)20(18)30-2)21(26)31-10-16-13(11)4-6-19(23)24-16/h3-9,25H,10H2,1-2H3. The van der Waals surface area contributed by atoms with Gasteiger partial charge in [0.15, 0.2) is 5.75 Å². The first-order chi connectivity index (χ1) is 15.2. The summed E-state index contributed by atoms with van der Waals surface area (Å²) in [4.78, 5) is 16.3. The van der Waals surface area contributed by atoms with E-state index in [1.807, 2.05) is 0 Å². The van der Waals surface area contributed by atoms with E-state index in [1.54, 1.807) is 12.1 Å². The zero-order valence-corrected chi connectivity index (χ0v) is 19.2. The Morgan fingerprint density at radius 2 is 1.88 bits per heavy atom. The highest BCUT2D eigenvalue weighted by Crippen LogP contribution is 2.38. The van der Waals surface area contributed by atoms with Gasteiger partial charge in [-0.05, 0) is 57.9 Å². The summed E-state index contributed by atoms with van der Waals surface area (Å²) in [7, 11) is -1.52. The van der Waals surface area contributed by atoms with Crippen molar-refractivity contribution in [1.29, 1.82) is 0 Å². The number of hydrogen-bond acceptors (Lipinski definition) is 7. The van der Waals surface area contributed by atoms with Crippen LogP contribution in [0.1, 0.15) is 16.1 Å². The Morgan fingerprint density at radius 3 is 2.59 bits per heavy atom. The highest BCUT2D eigenvalue weighted by molar-refractivity contribution is 9.10. The number of hydrogen-bond donors (Lipinski definition) is 1. The van der Waals surface area contributed by atoms with E-state index < -0.39 is 21.9 Å². The Kier molecular flexibility index (Phi) is 5.78. The van der Waals surface area contributed by atoms with Crippen LogP contribution in [0.3, 0.4) is 0 Å². The Balaban J connectivity index is 2.00. The molecule has 0 spiro atoms. The molecule has 4 bridgehead atoms. The molecular weight excluding hydrogens is 507 g/mol. The molecule has 3 aromatic rings. The second-order valence-corrected chi connectivity index (χ2v) is 9.22. The largest absolute Gasteiger partial charge is 0.495 e. The number of anilines is 1. The first kappa shape index (κ1) is 22.0. The Hall–Kier alpha value is -3.18. The molecule has 0 radical (unpaired) electrons. The second-order valence-electron chi connectivity index (χ2n) is 6.71. The van der Waals surface area contributed by atoms with Gasteiger partial charge < -0.3 is 14.2 Å². The van der Waals surface area contributed by atoms with Crippen molar-refractivity contribution in [2.75, 3.05) is 18.9 Å². The molecule has 1 N–H and O–H groups in total. The molecule has 4 rings (SSSR count). The monoisotopic (exact) mass is 522 g/mol. The van der Waals surface area contributed by atoms with Crippen molar-refractivity contribution in [2.45, 2.75) is 11.5 Å². The van der Waals surface area contributed by atoms with Crippen LogP contribution < -0.4 is 14.2 Å². The minimum absolute atomic E-state index is 0.00562. The Morgan fingerprint density at radius 1 is 1.09 bits per heavy atom. The van der Waals surface area contributed by atoms with Crippen molar-refractivity contribution >= 4 is 37.6 Å². The van der Waals surface area contributed by atoms with Crippen LogP contribution >= 0.6 is 15.9 Å². The second kappa shape index (κ2) is 8.40. The number of methoxy groups -OCH3 is 2. The van der Waals surface area contributed by atoms with Gasteiger partial charge in [0.25, 0.3) is 10.0 Å². The topological polar surface area (TPSA) is 104 Å². The van der Waals surface area contributed by atoms with Gasteiger partial charge in [0, 0.05) is 5.56 Å². The number of esters is 1. The molecule has 1 aliphatic rings. The number of carbonyl (C=O) groups excluding carboxylic acids is 1. The molecular formula is C21H16BrFN2O6S. The number of rotatable bonds is 2. The van der Waals surface area contributed by atoms with Gasteiger partial charge in [-0.2, -0.15) is 4.39 Å². The Bertz CT molecular complexity index is 1350. The van der Waals surface area contributed by atoms with E-state index in [9.17, 15) is 17.6 Å². The lowest BCUT2D eigenvalue weighted by molar-refractivity contribution is 0.0467. The lowest BCUT2D eigenvalue weighted by Crippen LogP contribution is -2.16. The average Bonchev–Trinajstić information content (AvgIpc) is 2.76. The van der Waals surface area contributed by atoms with E-state index in [4.69, 9.17) is 14.2 Å². The molecule has 2 heterocycles. The molecule has 11 heteroatoms. The number of aromatic nitrogens is 1.